The van der Waals surface area contributed by atoms with Crippen molar-refractivity contribution in [1.82, 2.24) is 0 Å². The number of rotatable bonds is 7. The molecular weight excluding hydrogens is 375 g/mol. The quantitative estimate of drug-likeness (QED) is 0.589. The average molecular weight is 406 g/mol. The molecule has 0 spiro atoms. The van der Waals surface area contributed by atoms with E-state index >= 15 is 0 Å². The minimum Gasteiger partial charge on any atom is -0.402 e. The number of nitrogens with two attached hydrogens (primary N) is 1. The van der Waals surface area contributed by atoms with Crippen LogP contribution in [0, 0.1) is 13.8 Å². The van der Waals surface area contributed by atoms with Gasteiger partial charge < -0.3 is 10.8 Å². The van der Waals surface area contributed by atoms with Gasteiger partial charge in [-0.1, -0.05) is 67.9 Å². The zero-order chi connectivity index (χ0) is 21.9. The van der Waals surface area contributed by atoms with E-state index < -0.39 is 30.0 Å². The summed E-state index contributed by atoms with van der Waals surface area (Å²) < 4.78 is 42.1. The lowest BCUT2D eigenvalue weighted by molar-refractivity contribution is -0.266. The Bertz CT molecular complexity index is 860. The lowest BCUT2D eigenvalue weighted by atomic mass is 9.69. The Balaban J connectivity index is 2.43. The fourth-order valence-electron chi connectivity index (χ4n) is 3.86. The standard InChI is InChI=1S/C24H30F3NO/c1-5-22(4,21-13-17(2)11-12-18(21)3)16-23(29,24(25,26)27)15-20(28)14-19-9-7-6-8-10-19/h6-14,29H,5,15-16,28H2,1-4H3/b20-14-. The number of aryl methyl sites for hydroxylation is 2. The van der Waals surface area contributed by atoms with Crippen LogP contribution in [0.5, 0.6) is 0 Å². The van der Waals surface area contributed by atoms with Gasteiger partial charge in [0, 0.05) is 12.1 Å². The monoisotopic (exact) mass is 405 g/mol. The molecule has 0 saturated carbocycles. The molecule has 0 aliphatic heterocycles. The van der Waals surface area contributed by atoms with Crippen molar-refractivity contribution in [3.8, 4) is 0 Å². The molecule has 5 heteroatoms. The van der Waals surface area contributed by atoms with Crippen LogP contribution in [0.2, 0.25) is 0 Å². The van der Waals surface area contributed by atoms with Crippen LogP contribution in [0.1, 0.15) is 55.4 Å². The molecular formula is C24H30F3NO. The molecule has 0 saturated heterocycles. The Morgan fingerprint density at radius 1 is 1.07 bits per heavy atom. The number of hydrogen-bond acceptors (Lipinski definition) is 2. The highest BCUT2D eigenvalue weighted by Gasteiger charge is 2.56. The summed E-state index contributed by atoms with van der Waals surface area (Å²) in [6.07, 6.45) is -4.01. The van der Waals surface area contributed by atoms with Crippen molar-refractivity contribution in [3.63, 3.8) is 0 Å². The van der Waals surface area contributed by atoms with E-state index in [4.69, 9.17) is 5.73 Å². The van der Waals surface area contributed by atoms with E-state index in [0.717, 1.165) is 16.7 Å². The molecule has 158 valence electrons. The van der Waals surface area contributed by atoms with Gasteiger partial charge in [0.25, 0.3) is 0 Å². The average Bonchev–Trinajstić information content (AvgIpc) is 2.63. The largest absolute Gasteiger partial charge is 0.417 e. The number of hydrogen-bond donors (Lipinski definition) is 2. The summed E-state index contributed by atoms with van der Waals surface area (Å²) in [7, 11) is 0. The summed E-state index contributed by atoms with van der Waals surface area (Å²) >= 11 is 0. The van der Waals surface area contributed by atoms with Gasteiger partial charge in [0.1, 0.15) is 0 Å². The molecule has 3 N–H and O–H groups in total. The van der Waals surface area contributed by atoms with Crippen molar-refractivity contribution in [1.29, 1.82) is 0 Å². The fraction of sp³-hybridized carbons (Fsp3) is 0.417. The van der Waals surface area contributed by atoms with Crippen LogP contribution in [-0.4, -0.2) is 16.9 Å². The predicted octanol–water partition coefficient (Wildman–Crippen LogP) is 6.04. The SMILES string of the molecule is CCC(C)(CC(O)(C/C(N)=C/c1ccccc1)C(F)(F)F)c1cc(C)ccc1C. The van der Waals surface area contributed by atoms with Crippen molar-refractivity contribution in [3.05, 3.63) is 76.5 Å². The van der Waals surface area contributed by atoms with Crippen LogP contribution >= 0.6 is 0 Å². The van der Waals surface area contributed by atoms with Crippen LogP contribution in [-0.2, 0) is 5.41 Å². The van der Waals surface area contributed by atoms with Gasteiger partial charge in [0.15, 0.2) is 5.60 Å². The summed E-state index contributed by atoms with van der Waals surface area (Å²) in [6.45, 7) is 7.43. The number of halogens is 3. The zero-order valence-corrected chi connectivity index (χ0v) is 17.5. The third kappa shape index (κ3) is 5.41. The molecule has 2 atom stereocenters. The van der Waals surface area contributed by atoms with Gasteiger partial charge >= 0.3 is 6.18 Å². The molecule has 0 aliphatic carbocycles. The third-order valence-electron chi connectivity index (χ3n) is 5.68. The summed E-state index contributed by atoms with van der Waals surface area (Å²) in [5, 5.41) is 10.8. The van der Waals surface area contributed by atoms with Crippen molar-refractivity contribution in [2.75, 3.05) is 0 Å². The highest BCUT2D eigenvalue weighted by atomic mass is 19.4. The molecule has 0 radical (unpaired) electrons. The minimum absolute atomic E-state index is 0.00422. The molecule has 2 rings (SSSR count). The van der Waals surface area contributed by atoms with Gasteiger partial charge in [-0.05, 0) is 54.9 Å². The molecule has 0 bridgehead atoms. The van der Waals surface area contributed by atoms with E-state index in [1.165, 1.54) is 6.08 Å². The second-order valence-electron chi connectivity index (χ2n) is 8.25. The van der Waals surface area contributed by atoms with Gasteiger partial charge in [0.05, 0.1) is 0 Å². The Morgan fingerprint density at radius 2 is 1.69 bits per heavy atom. The minimum atomic E-state index is -4.81. The van der Waals surface area contributed by atoms with Crippen LogP contribution in [0.25, 0.3) is 6.08 Å². The predicted molar refractivity (Wildman–Crippen MR) is 112 cm³/mol. The smallest absolute Gasteiger partial charge is 0.402 e. The summed E-state index contributed by atoms with van der Waals surface area (Å²) in [4.78, 5) is 0. The van der Waals surface area contributed by atoms with E-state index in [0.29, 0.717) is 12.0 Å². The molecule has 0 heterocycles. The zero-order valence-electron chi connectivity index (χ0n) is 17.5. The van der Waals surface area contributed by atoms with E-state index in [-0.39, 0.29) is 5.70 Å². The highest BCUT2D eigenvalue weighted by Crippen LogP contribution is 2.46. The number of alkyl halides is 3. The maximum absolute atomic E-state index is 14.0. The van der Waals surface area contributed by atoms with Gasteiger partial charge in [0.2, 0.25) is 0 Å². The fourth-order valence-corrected chi connectivity index (χ4v) is 3.86. The van der Waals surface area contributed by atoms with Gasteiger partial charge in [-0.3, -0.25) is 0 Å². The maximum Gasteiger partial charge on any atom is 0.417 e. The van der Waals surface area contributed by atoms with Crippen LogP contribution < -0.4 is 5.73 Å². The van der Waals surface area contributed by atoms with E-state index in [1.807, 2.05) is 45.0 Å². The summed E-state index contributed by atoms with van der Waals surface area (Å²) in [5.74, 6) is 0. The van der Waals surface area contributed by atoms with Gasteiger partial charge in [-0.25, -0.2) is 0 Å². The van der Waals surface area contributed by atoms with Crippen molar-refractivity contribution in [2.45, 2.75) is 64.1 Å². The summed E-state index contributed by atoms with van der Waals surface area (Å²) in [5.41, 5.74) is 5.57. The molecule has 0 aromatic heterocycles. The number of benzene rings is 2. The molecule has 0 fully saturated rings. The first-order chi connectivity index (χ1) is 13.4. The molecule has 2 aromatic carbocycles. The van der Waals surface area contributed by atoms with Crippen molar-refractivity contribution >= 4 is 6.08 Å². The molecule has 2 aromatic rings. The first kappa shape index (κ1) is 23.0. The molecule has 0 aliphatic rings. The van der Waals surface area contributed by atoms with Crippen molar-refractivity contribution in [2.24, 2.45) is 5.73 Å². The normalized spacial score (nSPS) is 16.9. The maximum atomic E-state index is 14.0. The topological polar surface area (TPSA) is 46.2 Å². The molecule has 2 nitrogen and oxygen atoms in total. The Hall–Kier alpha value is -2.27. The molecule has 0 amide bonds. The van der Waals surface area contributed by atoms with Gasteiger partial charge in [-0.15, -0.1) is 0 Å². The summed E-state index contributed by atoms with van der Waals surface area (Å²) in [6, 6.07) is 14.7. The second kappa shape index (κ2) is 8.62. The third-order valence-corrected chi connectivity index (χ3v) is 5.68. The first-order valence-electron chi connectivity index (χ1n) is 9.78. The van der Waals surface area contributed by atoms with Crippen LogP contribution in [0.4, 0.5) is 13.2 Å². The Labute approximate surface area is 171 Å². The van der Waals surface area contributed by atoms with Crippen LogP contribution in [0.15, 0.2) is 54.2 Å². The van der Waals surface area contributed by atoms with E-state index in [9.17, 15) is 18.3 Å². The molecule has 29 heavy (non-hydrogen) atoms. The van der Waals surface area contributed by atoms with E-state index in [1.54, 1.807) is 31.2 Å². The van der Waals surface area contributed by atoms with Crippen molar-refractivity contribution < 1.29 is 18.3 Å². The van der Waals surface area contributed by atoms with Gasteiger partial charge in [-0.2, -0.15) is 13.2 Å². The lowest BCUT2D eigenvalue weighted by Gasteiger charge is -2.40. The van der Waals surface area contributed by atoms with E-state index in [2.05, 4.69) is 0 Å². The Kier molecular flexibility index (Phi) is 6.84. The first-order valence-corrected chi connectivity index (χ1v) is 9.78. The second-order valence-corrected chi connectivity index (χ2v) is 8.25. The highest BCUT2D eigenvalue weighted by molar-refractivity contribution is 5.52. The lowest BCUT2D eigenvalue weighted by Crippen LogP contribution is -2.50. The van der Waals surface area contributed by atoms with Crippen LogP contribution in [0.3, 0.4) is 0 Å². The Morgan fingerprint density at radius 3 is 2.24 bits per heavy atom. The number of aliphatic hydroxyl groups is 1. The molecule has 2 unspecified atom stereocenters.